The summed E-state index contributed by atoms with van der Waals surface area (Å²) in [5.41, 5.74) is 0.175. The van der Waals surface area contributed by atoms with Crippen molar-refractivity contribution >= 4 is 0 Å². The molecule has 1 aliphatic carbocycles. The number of nitrogens with one attached hydrogen (secondary N) is 1. The molecule has 112 valence electrons. The molecule has 0 atom stereocenters. The molecule has 0 spiro atoms. The highest BCUT2D eigenvalue weighted by atomic mass is 16.5. The minimum Gasteiger partial charge on any atom is -0.370 e. The van der Waals surface area contributed by atoms with Crippen LogP contribution in [0.3, 0.4) is 0 Å². The summed E-state index contributed by atoms with van der Waals surface area (Å²) >= 11 is 0. The first-order chi connectivity index (χ1) is 9.27. The second kappa shape index (κ2) is 5.32. The van der Waals surface area contributed by atoms with Crippen molar-refractivity contribution < 1.29 is 4.74 Å². The number of aromatic nitrogens is 2. The van der Waals surface area contributed by atoms with E-state index >= 15 is 0 Å². The van der Waals surface area contributed by atoms with Crippen LogP contribution in [0.2, 0.25) is 0 Å². The topological polar surface area (TPSA) is 55.0 Å². The van der Waals surface area contributed by atoms with Gasteiger partial charge in [0.2, 0.25) is 0 Å². The predicted octanol–water partition coefficient (Wildman–Crippen LogP) is 3.12. The van der Waals surface area contributed by atoms with Crippen molar-refractivity contribution in [1.82, 2.24) is 9.97 Å². The predicted molar refractivity (Wildman–Crippen MR) is 79.9 cm³/mol. The third-order valence-corrected chi connectivity index (χ3v) is 4.41. The molecule has 0 amide bonds. The van der Waals surface area contributed by atoms with Crippen LogP contribution in [0.4, 0.5) is 0 Å². The van der Waals surface area contributed by atoms with Gasteiger partial charge in [-0.05, 0) is 31.6 Å². The normalized spacial score (nSPS) is 27.6. The standard InChI is InChI=1S/C16H26N2O2/c1-11-6-8-16(20-5,9-7-11)14-17-12(15(2,3)4)10-13(19)18-14/h10-11H,6-9H2,1-5H3,(H,17,18,19). The first kappa shape index (κ1) is 15.2. The zero-order chi connectivity index (χ0) is 15.0. The Balaban J connectivity index is 2.45. The van der Waals surface area contributed by atoms with Gasteiger partial charge in [-0.1, -0.05) is 27.7 Å². The lowest BCUT2D eigenvalue weighted by Gasteiger charge is -2.37. The van der Waals surface area contributed by atoms with Crippen LogP contribution in [0.5, 0.6) is 0 Å². The highest BCUT2D eigenvalue weighted by molar-refractivity contribution is 5.16. The summed E-state index contributed by atoms with van der Waals surface area (Å²) in [4.78, 5) is 19.6. The highest BCUT2D eigenvalue weighted by Gasteiger charge is 2.38. The third kappa shape index (κ3) is 2.95. The molecule has 1 heterocycles. The van der Waals surface area contributed by atoms with E-state index in [0.29, 0.717) is 5.82 Å². The number of rotatable bonds is 2. The first-order valence-electron chi connectivity index (χ1n) is 7.44. The Hall–Kier alpha value is -1.16. The van der Waals surface area contributed by atoms with Crippen molar-refractivity contribution in [2.24, 2.45) is 5.92 Å². The summed E-state index contributed by atoms with van der Waals surface area (Å²) in [5.74, 6) is 1.42. The van der Waals surface area contributed by atoms with Crippen LogP contribution in [0.1, 0.15) is 64.9 Å². The summed E-state index contributed by atoms with van der Waals surface area (Å²) in [7, 11) is 1.72. The molecule has 4 heteroatoms. The average molecular weight is 278 g/mol. The molecule has 0 aromatic carbocycles. The maximum absolute atomic E-state index is 12.0. The number of H-pyrrole nitrogens is 1. The van der Waals surface area contributed by atoms with Crippen molar-refractivity contribution in [2.75, 3.05) is 7.11 Å². The van der Waals surface area contributed by atoms with Gasteiger partial charge in [-0.25, -0.2) is 4.98 Å². The van der Waals surface area contributed by atoms with E-state index < -0.39 is 5.60 Å². The lowest BCUT2D eigenvalue weighted by atomic mass is 9.78. The summed E-state index contributed by atoms with van der Waals surface area (Å²) in [5, 5.41) is 0. The van der Waals surface area contributed by atoms with E-state index in [1.54, 1.807) is 13.2 Å². The van der Waals surface area contributed by atoms with Gasteiger partial charge in [0, 0.05) is 18.6 Å². The van der Waals surface area contributed by atoms with Crippen LogP contribution >= 0.6 is 0 Å². The molecule has 1 aromatic heterocycles. The van der Waals surface area contributed by atoms with Crippen LogP contribution in [-0.4, -0.2) is 17.1 Å². The van der Waals surface area contributed by atoms with E-state index in [1.165, 1.54) is 0 Å². The molecule has 0 unspecified atom stereocenters. The Morgan fingerprint density at radius 2 is 1.95 bits per heavy atom. The Kier molecular flexibility index (Phi) is 4.05. The largest absolute Gasteiger partial charge is 0.370 e. The van der Waals surface area contributed by atoms with Gasteiger partial charge >= 0.3 is 0 Å². The van der Waals surface area contributed by atoms with Crippen LogP contribution in [0.15, 0.2) is 10.9 Å². The Labute approximate surface area is 121 Å². The number of aromatic amines is 1. The lowest BCUT2D eigenvalue weighted by Crippen LogP contribution is -2.37. The zero-order valence-electron chi connectivity index (χ0n) is 13.2. The van der Waals surface area contributed by atoms with Gasteiger partial charge in [0.1, 0.15) is 11.4 Å². The molecule has 0 aliphatic heterocycles. The smallest absolute Gasteiger partial charge is 0.251 e. The maximum atomic E-state index is 12.0. The van der Waals surface area contributed by atoms with Crippen LogP contribution in [0, 0.1) is 5.92 Å². The third-order valence-electron chi connectivity index (χ3n) is 4.41. The number of ether oxygens (including phenoxy) is 1. The second-order valence-electron chi connectivity index (χ2n) is 7.11. The van der Waals surface area contributed by atoms with E-state index in [4.69, 9.17) is 9.72 Å². The number of hydrogen-bond acceptors (Lipinski definition) is 3. The molecule has 0 radical (unpaired) electrons. The Morgan fingerprint density at radius 1 is 1.35 bits per heavy atom. The fraction of sp³-hybridized carbons (Fsp3) is 0.750. The molecule has 4 nitrogen and oxygen atoms in total. The lowest BCUT2D eigenvalue weighted by molar-refractivity contribution is -0.0601. The Bertz CT molecular complexity index is 520. The minimum absolute atomic E-state index is 0.0880. The summed E-state index contributed by atoms with van der Waals surface area (Å²) in [6, 6.07) is 1.60. The van der Waals surface area contributed by atoms with Crippen molar-refractivity contribution in [3.8, 4) is 0 Å². The number of hydrogen-bond donors (Lipinski definition) is 1. The van der Waals surface area contributed by atoms with E-state index in [0.717, 1.165) is 37.3 Å². The molecular formula is C16H26N2O2. The number of nitrogens with zero attached hydrogens (tertiary/aromatic N) is 1. The molecule has 1 aromatic rings. The zero-order valence-corrected chi connectivity index (χ0v) is 13.2. The van der Waals surface area contributed by atoms with Gasteiger partial charge in [0.25, 0.3) is 5.56 Å². The van der Waals surface area contributed by atoms with E-state index in [1.807, 2.05) is 0 Å². The van der Waals surface area contributed by atoms with Gasteiger partial charge in [0.05, 0.1) is 5.69 Å². The SMILES string of the molecule is COC1(c2nc(C(C)(C)C)cc(=O)[nH]2)CCC(C)CC1. The molecule has 20 heavy (non-hydrogen) atoms. The van der Waals surface area contributed by atoms with Crippen LogP contribution < -0.4 is 5.56 Å². The quantitative estimate of drug-likeness (QED) is 0.904. The van der Waals surface area contributed by atoms with Gasteiger partial charge in [-0.2, -0.15) is 0 Å². The van der Waals surface area contributed by atoms with E-state index in [2.05, 4.69) is 32.7 Å². The van der Waals surface area contributed by atoms with Crippen LogP contribution in [0.25, 0.3) is 0 Å². The fourth-order valence-corrected chi connectivity index (χ4v) is 2.82. The summed E-state index contributed by atoms with van der Waals surface area (Å²) < 4.78 is 5.80. The summed E-state index contributed by atoms with van der Waals surface area (Å²) in [6.07, 6.45) is 4.05. The first-order valence-corrected chi connectivity index (χ1v) is 7.44. The average Bonchev–Trinajstić information content (AvgIpc) is 2.38. The molecule has 0 saturated heterocycles. The van der Waals surface area contributed by atoms with Gasteiger partial charge in [-0.15, -0.1) is 0 Å². The molecule has 1 fully saturated rings. The Morgan fingerprint density at radius 3 is 2.45 bits per heavy atom. The summed E-state index contributed by atoms with van der Waals surface area (Å²) in [6.45, 7) is 8.48. The molecule has 1 aliphatic rings. The van der Waals surface area contributed by atoms with Gasteiger partial charge in [-0.3, -0.25) is 4.79 Å². The maximum Gasteiger partial charge on any atom is 0.251 e. The molecule has 1 saturated carbocycles. The van der Waals surface area contributed by atoms with Crippen molar-refractivity contribution in [2.45, 2.75) is 64.4 Å². The monoisotopic (exact) mass is 278 g/mol. The highest BCUT2D eigenvalue weighted by Crippen LogP contribution is 2.40. The van der Waals surface area contributed by atoms with Crippen molar-refractivity contribution in [3.05, 3.63) is 27.9 Å². The molecular weight excluding hydrogens is 252 g/mol. The van der Waals surface area contributed by atoms with Gasteiger partial charge < -0.3 is 9.72 Å². The number of methoxy groups -OCH3 is 1. The van der Waals surface area contributed by atoms with E-state index in [-0.39, 0.29) is 11.0 Å². The van der Waals surface area contributed by atoms with Crippen molar-refractivity contribution in [1.29, 1.82) is 0 Å². The minimum atomic E-state index is -0.424. The van der Waals surface area contributed by atoms with E-state index in [9.17, 15) is 4.79 Å². The van der Waals surface area contributed by atoms with Gasteiger partial charge in [0.15, 0.2) is 0 Å². The molecule has 2 rings (SSSR count). The van der Waals surface area contributed by atoms with Crippen LogP contribution in [-0.2, 0) is 15.8 Å². The molecule has 1 N–H and O–H groups in total. The van der Waals surface area contributed by atoms with Crippen molar-refractivity contribution in [3.63, 3.8) is 0 Å². The second-order valence-corrected chi connectivity index (χ2v) is 7.11. The molecule has 0 bridgehead atoms. The fourth-order valence-electron chi connectivity index (χ4n) is 2.82.